The van der Waals surface area contributed by atoms with Crippen LogP contribution in [0.25, 0.3) is 67.2 Å². The van der Waals surface area contributed by atoms with Crippen molar-refractivity contribution >= 4 is 102 Å². The quantitative estimate of drug-likeness (QED) is 0.0551. The number of hydrogen-bond donors (Lipinski definition) is 0. The van der Waals surface area contributed by atoms with Gasteiger partial charge >= 0.3 is 20.1 Å². The molecule has 3 heterocycles. The molecule has 21 rings (SSSR count). The van der Waals surface area contributed by atoms with Gasteiger partial charge in [0.05, 0.1) is 0 Å². The van der Waals surface area contributed by atoms with Crippen molar-refractivity contribution in [2.24, 2.45) is 0 Å². The van der Waals surface area contributed by atoms with Crippen molar-refractivity contribution in [1.29, 1.82) is 0 Å². The summed E-state index contributed by atoms with van der Waals surface area (Å²) in [5.74, 6) is 0. The zero-order valence-electron chi connectivity index (χ0n) is 72.8. The van der Waals surface area contributed by atoms with Gasteiger partial charge in [-0.05, 0) is 268 Å². The molecule has 0 aliphatic rings. The fraction of sp³-hybridized carbons (Fsp3) is 0. The third-order valence-corrected chi connectivity index (χ3v) is 22.8. The van der Waals surface area contributed by atoms with Crippen LogP contribution in [0.4, 0.5) is 102 Å². The van der Waals surface area contributed by atoms with Crippen LogP contribution in [0, 0.1) is 18.2 Å². The van der Waals surface area contributed by atoms with E-state index in [1.54, 1.807) is 0 Å². The summed E-state index contributed by atoms with van der Waals surface area (Å²) in [4.78, 5) is 27.6. The zero-order valence-corrected chi connectivity index (χ0v) is 75.2. The Kier molecular flexibility index (Phi) is 27.8. The van der Waals surface area contributed by atoms with Crippen LogP contribution < -0.4 is 29.4 Å². The molecule has 0 saturated carbocycles. The number of nitrogens with zero attached hydrogens (tertiary/aromatic N) is 9. The van der Waals surface area contributed by atoms with Crippen LogP contribution in [0.5, 0.6) is 0 Å². The SMILES string of the molecule is [Ir+3].[c-]1cc(N(c2ccccc2)c2ccccc2)ccc1-c1cc(-c2ccc(N(c3ccccc3)c3ccccc3)cc2)ccn1.[c-]1cc(N(c2ccccc2)c2ccccc2)ccc1-c1cc(-c2ccc(N(c3ccccc3)c3ccccc3)cc2)ccn1.[c-]1cc(N(c2ccccc2)c2ccccc2)ccc1-c1cc(-c2ccc(N(c3ccccc3)c3ccccc3)cc2)ccn1. The van der Waals surface area contributed by atoms with Gasteiger partial charge < -0.3 is 44.4 Å². The van der Waals surface area contributed by atoms with E-state index < -0.39 is 0 Å². The van der Waals surface area contributed by atoms with Crippen molar-refractivity contribution in [3.63, 3.8) is 0 Å². The van der Waals surface area contributed by atoms with E-state index in [9.17, 15) is 0 Å². The molecule has 10 heteroatoms. The standard InChI is InChI=1S/3C41H30N3.Ir/c3*1-5-13-35(14-6-1)43(36-15-7-2-8-16-36)39-25-21-32(22-26-39)34-29-30-42-41(31-34)33-23-27-40(28-24-33)44(37-17-9-3-10-18-37)38-19-11-4-12-20-38;/h3*1-23,25-31H;/q3*-1;+3. The number of benzene rings is 18. The maximum atomic E-state index is 4.70. The first-order valence-electron chi connectivity index (χ1n) is 44.2. The van der Waals surface area contributed by atoms with Crippen LogP contribution in [0.15, 0.2) is 546 Å². The van der Waals surface area contributed by atoms with E-state index >= 15 is 0 Å². The third kappa shape index (κ3) is 20.9. The molecule has 0 atom stereocenters. The summed E-state index contributed by atoms with van der Waals surface area (Å²) in [6.07, 6.45) is 5.63. The number of para-hydroxylation sites is 12. The Morgan fingerprint density at radius 1 is 0.135 bits per heavy atom. The second kappa shape index (κ2) is 42.6. The second-order valence-electron chi connectivity index (χ2n) is 31.4. The predicted molar refractivity (Wildman–Crippen MR) is 550 cm³/mol. The summed E-state index contributed by atoms with van der Waals surface area (Å²) in [6.45, 7) is 0. The van der Waals surface area contributed by atoms with Gasteiger partial charge in [-0.25, -0.2) is 0 Å². The largest absolute Gasteiger partial charge is 3.00 e. The first-order chi connectivity index (χ1) is 65.5. The van der Waals surface area contributed by atoms with Crippen LogP contribution in [0.1, 0.15) is 0 Å². The minimum absolute atomic E-state index is 0. The summed E-state index contributed by atoms with van der Waals surface area (Å²) < 4.78 is 0. The molecular formula is C123H90IrN9. The van der Waals surface area contributed by atoms with Gasteiger partial charge in [-0.15, -0.1) is 89.5 Å². The van der Waals surface area contributed by atoms with Crippen LogP contribution in [0.2, 0.25) is 0 Å². The third-order valence-electron chi connectivity index (χ3n) is 22.8. The number of anilines is 18. The molecule has 636 valence electrons. The first-order valence-corrected chi connectivity index (χ1v) is 44.2. The number of rotatable bonds is 24. The maximum absolute atomic E-state index is 4.70. The second-order valence-corrected chi connectivity index (χ2v) is 31.4. The number of pyridine rings is 3. The molecule has 133 heavy (non-hydrogen) atoms. The van der Waals surface area contributed by atoms with Gasteiger partial charge in [-0.1, -0.05) is 273 Å². The van der Waals surface area contributed by atoms with Crippen molar-refractivity contribution in [2.75, 3.05) is 29.4 Å². The molecule has 9 nitrogen and oxygen atoms in total. The monoisotopic (exact) mass is 1890 g/mol. The number of hydrogen-bond acceptors (Lipinski definition) is 9. The van der Waals surface area contributed by atoms with Gasteiger partial charge in [0.15, 0.2) is 0 Å². The molecule has 0 aliphatic carbocycles. The van der Waals surface area contributed by atoms with Crippen LogP contribution in [-0.2, 0) is 20.1 Å². The van der Waals surface area contributed by atoms with Crippen molar-refractivity contribution in [1.82, 2.24) is 15.0 Å². The molecular weight excluding hydrogens is 1800 g/mol. The molecule has 0 spiro atoms. The van der Waals surface area contributed by atoms with Crippen LogP contribution in [-0.4, -0.2) is 15.0 Å². The predicted octanol–water partition coefficient (Wildman–Crippen LogP) is 33.5. The first kappa shape index (κ1) is 86.6. The Morgan fingerprint density at radius 2 is 0.278 bits per heavy atom. The van der Waals surface area contributed by atoms with Crippen molar-refractivity contribution in [3.8, 4) is 67.2 Å². The van der Waals surface area contributed by atoms with Crippen molar-refractivity contribution in [3.05, 3.63) is 565 Å². The topological polar surface area (TPSA) is 58.1 Å². The van der Waals surface area contributed by atoms with E-state index in [0.717, 1.165) is 170 Å². The summed E-state index contributed by atoms with van der Waals surface area (Å²) in [5.41, 5.74) is 32.0. The summed E-state index contributed by atoms with van der Waals surface area (Å²) in [6, 6.07) is 193. The van der Waals surface area contributed by atoms with Gasteiger partial charge in [-0.3, -0.25) is 0 Å². The molecule has 0 aliphatic heterocycles. The summed E-state index contributed by atoms with van der Waals surface area (Å²) in [7, 11) is 0. The minimum Gasteiger partial charge on any atom is -0.352 e. The Morgan fingerprint density at radius 3 is 0.429 bits per heavy atom. The van der Waals surface area contributed by atoms with E-state index in [-0.39, 0.29) is 20.1 Å². The van der Waals surface area contributed by atoms with E-state index in [1.165, 1.54) is 0 Å². The minimum atomic E-state index is 0. The van der Waals surface area contributed by atoms with Gasteiger partial charge in [0.2, 0.25) is 0 Å². The zero-order chi connectivity index (χ0) is 88.7. The molecule has 0 amide bonds. The average Bonchev–Trinajstić information content (AvgIpc) is 0.847. The van der Waals surface area contributed by atoms with Crippen molar-refractivity contribution < 1.29 is 20.1 Å². The van der Waals surface area contributed by atoms with Gasteiger partial charge in [0.1, 0.15) is 0 Å². The van der Waals surface area contributed by atoms with Gasteiger partial charge in [0, 0.05) is 104 Å². The molecule has 0 bridgehead atoms. The molecule has 0 unspecified atom stereocenters. The molecule has 0 N–H and O–H groups in total. The molecule has 0 fully saturated rings. The Bertz CT molecular complexity index is 5810. The molecule has 21 aromatic rings. The summed E-state index contributed by atoms with van der Waals surface area (Å²) >= 11 is 0. The normalized spacial score (nSPS) is 10.6. The molecule has 0 saturated heterocycles. The van der Waals surface area contributed by atoms with Gasteiger partial charge in [-0.2, -0.15) is 0 Å². The van der Waals surface area contributed by atoms with Crippen LogP contribution >= 0.6 is 0 Å². The van der Waals surface area contributed by atoms with E-state index in [4.69, 9.17) is 15.0 Å². The van der Waals surface area contributed by atoms with Crippen LogP contribution in [0.3, 0.4) is 0 Å². The van der Waals surface area contributed by atoms with E-state index in [2.05, 4.69) is 484 Å². The smallest absolute Gasteiger partial charge is 0.352 e. The van der Waals surface area contributed by atoms with Gasteiger partial charge in [0.25, 0.3) is 0 Å². The average molecular weight is 1890 g/mol. The number of aromatic nitrogens is 3. The fourth-order valence-corrected chi connectivity index (χ4v) is 16.4. The maximum Gasteiger partial charge on any atom is 3.00 e. The molecule has 3 aromatic heterocycles. The fourth-order valence-electron chi connectivity index (χ4n) is 16.4. The Balaban J connectivity index is 0.000000133. The van der Waals surface area contributed by atoms with E-state index in [1.807, 2.05) is 110 Å². The Labute approximate surface area is 792 Å². The Hall–Kier alpha value is -17.1. The van der Waals surface area contributed by atoms with Crippen molar-refractivity contribution in [2.45, 2.75) is 0 Å². The molecule has 18 aromatic carbocycles. The molecule has 0 radical (unpaired) electrons. The summed E-state index contributed by atoms with van der Waals surface area (Å²) in [5, 5.41) is 0. The van der Waals surface area contributed by atoms with E-state index in [0.29, 0.717) is 0 Å².